The van der Waals surface area contributed by atoms with E-state index in [4.69, 9.17) is 0 Å². The minimum Gasteiger partial charge on any atom is -0.341 e. The first-order valence-electron chi connectivity index (χ1n) is 12.7. The topological polar surface area (TPSA) is 90.0 Å². The lowest BCUT2D eigenvalue weighted by Gasteiger charge is -2.43. The smallest absolute Gasteiger partial charge is 0.331 e. The number of anilines is 1. The number of carbonyl (C=O) groups excluding carboxylic acids is 4. The van der Waals surface area contributed by atoms with Crippen molar-refractivity contribution in [1.29, 1.82) is 0 Å². The van der Waals surface area contributed by atoms with E-state index >= 15 is 0 Å². The molecule has 2 heterocycles. The van der Waals surface area contributed by atoms with E-state index in [0.717, 1.165) is 4.90 Å². The molecule has 0 unspecified atom stereocenters. The summed E-state index contributed by atoms with van der Waals surface area (Å²) < 4.78 is 14.0. The Hall–Kier alpha value is -3.75. The van der Waals surface area contributed by atoms with Gasteiger partial charge in [0.15, 0.2) is 0 Å². The Balaban J connectivity index is 1.51. The van der Waals surface area contributed by atoms with Gasteiger partial charge in [0.25, 0.3) is 11.8 Å². The quantitative estimate of drug-likeness (QED) is 0.604. The summed E-state index contributed by atoms with van der Waals surface area (Å²) in [6, 6.07) is 12.0. The van der Waals surface area contributed by atoms with E-state index in [0.29, 0.717) is 17.7 Å². The molecule has 1 N–H and O–H groups in total. The Morgan fingerprint density at radius 3 is 2.30 bits per heavy atom. The minimum absolute atomic E-state index is 0.171. The molecule has 196 valence electrons. The van der Waals surface area contributed by atoms with Crippen LogP contribution in [0, 0.1) is 11.7 Å². The molecule has 0 saturated carbocycles. The predicted octanol–water partition coefficient (Wildman–Crippen LogP) is 3.60. The largest absolute Gasteiger partial charge is 0.341 e. The molecule has 1 spiro atoms. The van der Waals surface area contributed by atoms with Crippen LogP contribution < -0.4 is 10.2 Å². The van der Waals surface area contributed by atoms with Gasteiger partial charge in [-0.25, -0.2) is 9.18 Å². The number of hydrogen-bond acceptors (Lipinski definition) is 4. The zero-order chi connectivity index (χ0) is 26.9. The highest BCUT2D eigenvalue weighted by molar-refractivity contribution is 6.16. The van der Waals surface area contributed by atoms with Crippen LogP contribution in [0.2, 0.25) is 0 Å². The number of piperidine rings is 1. The number of likely N-dealkylation sites (tertiary alicyclic amines) is 1. The van der Waals surface area contributed by atoms with Gasteiger partial charge in [-0.3, -0.25) is 24.2 Å². The molecule has 2 fully saturated rings. The fraction of sp³-hybridized carbons (Fsp3) is 0.429. The molecule has 2 saturated heterocycles. The van der Waals surface area contributed by atoms with Crippen molar-refractivity contribution in [3.05, 3.63) is 65.5 Å². The van der Waals surface area contributed by atoms with Crippen LogP contribution in [0.1, 0.15) is 49.5 Å². The van der Waals surface area contributed by atoms with Gasteiger partial charge < -0.3 is 10.2 Å². The summed E-state index contributed by atoms with van der Waals surface area (Å²) in [7, 11) is 1.48. The summed E-state index contributed by atoms with van der Waals surface area (Å²) in [6.45, 7) is 6.06. The van der Waals surface area contributed by atoms with Crippen molar-refractivity contribution in [3.8, 4) is 0 Å². The van der Waals surface area contributed by atoms with Gasteiger partial charge in [0.2, 0.25) is 5.91 Å². The monoisotopic (exact) mass is 508 g/mol. The predicted molar refractivity (Wildman–Crippen MR) is 138 cm³/mol. The van der Waals surface area contributed by atoms with E-state index in [1.165, 1.54) is 19.2 Å². The highest BCUT2D eigenvalue weighted by Crippen LogP contribution is 2.40. The summed E-state index contributed by atoms with van der Waals surface area (Å²) in [6.07, 6.45) is 1.15. The molecule has 9 heteroatoms. The second-order valence-corrected chi connectivity index (χ2v) is 10.1. The number of hydrogen-bond donors (Lipinski definition) is 1. The van der Waals surface area contributed by atoms with Gasteiger partial charge in [0.1, 0.15) is 17.4 Å². The Labute approximate surface area is 216 Å². The van der Waals surface area contributed by atoms with Crippen molar-refractivity contribution in [2.45, 2.75) is 51.6 Å². The van der Waals surface area contributed by atoms with Crippen LogP contribution in [-0.4, -0.2) is 65.3 Å². The lowest BCUT2D eigenvalue weighted by Crippen LogP contribution is -2.60. The van der Waals surface area contributed by atoms with Gasteiger partial charge in [-0.1, -0.05) is 39.0 Å². The average Bonchev–Trinajstić information content (AvgIpc) is 3.07. The van der Waals surface area contributed by atoms with Gasteiger partial charge in [-0.05, 0) is 61.1 Å². The van der Waals surface area contributed by atoms with E-state index in [9.17, 15) is 23.6 Å². The first kappa shape index (κ1) is 26.3. The van der Waals surface area contributed by atoms with Crippen LogP contribution in [0.3, 0.4) is 0 Å². The van der Waals surface area contributed by atoms with E-state index in [1.54, 1.807) is 28.0 Å². The Morgan fingerprint density at radius 2 is 1.70 bits per heavy atom. The Bertz CT molecular complexity index is 1210. The third kappa shape index (κ3) is 4.82. The van der Waals surface area contributed by atoms with Crippen LogP contribution in [0.4, 0.5) is 14.9 Å². The van der Waals surface area contributed by atoms with Crippen molar-refractivity contribution < 1.29 is 23.6 Å². The molecule has 37 heavy (non-hydrogen) atoms. The maximum atomic E-state index is 14.0. The van der Waals surface area contributed by atoms with Gasteiger partial charge in [0.05, 0.1) is 0 Å². The van der Waals surface area contributed by atoms with Crippen LogP contribution in [0.5, 0.6) is 0 Å². The number of nitrogens with one attached hydrogen (secondary N) is 1. The standard InChI is InChI=1S/C28H33FN4O4/c1-5-19-15-20(17-21(29)16-19)24(34)30-23(18(2)3)25(35)32-13-11-28(12-14-32)26(36)31(4)27(37)33(28)22-9-7-6-8-10-22/h6-10,15-18,23H,5,11-14H2,1-4H3,(H,30,34)/t23-/m1/s1. The fourth-order valence-corrected chi connectivity index (χ4v) is 5.22. The highest BCUT2D eigenvalue weighted by atomic mass is 19.1. The normalized spacial score (nSPS) is 18.1. The molecule has 0 aromatic heterocycles. The van der Waals surface area contributed by atoms with E-state index < -0.39 is 23.3 Å². The molecule has 0 aliphatic carbocycles. The number of halogens is 1. The molecular formula is C28H33FN4O4. The number of benzene rings is 2. The minimum atomic E-state index is -1.06. The van der Waals surface area contributed by atoms with Gasteiger partial charge in [-0.2, -0.15) is 0 Å². The molecule has 0 bridgehead atoms. The number of likely N-dealkylation sites (N-methyl/N-ethyl adjacent to an activating group) is 1. The number of rotatable bonds is 6. The molecule has 1 atom stereocenters. The lowest BCUT2D eigenvalue weighted by atomic mass is 9.85. The van der Waals surface area contributed by atoms with E-state index in [1.807, 2.05) is 39.0 Å². The maximum absolute atomic E-state index is 14.0. The lowest BCUT2D eigenvalue weighted by molar-refractivity contribution is -0.139. The first-order valence-corrected chi connectivity index (χ1v) is 12.7. The van der Waals surface area contributed by atoms with Crippen LogP contribution in [-0.2, 0) is 16.0 Å². The van der Waals surface area contributed by atoms with Gasteiger partial charge in [-0.15, -0.1) is 0 Å². The van der Waals surface area contributed by atoms with E-state index in [-0.39, 0.29) is 55.3 Å². The number of aryl methyl sites for hydroxylation is 1. The molecule has 5 amide bonds. The van der Waals surface area contributed by atoms with Crippen LogP contribution in [0.25, 0.3) is 0 Å². The molecule has 2 aliphatic rings. The molecule has 2 aromatic rings. The first-order chi connectivity index (χ1) is 17.6. The molecular weight excluding hydrogens is 475 g/mol. The highest BCUT2D eigenvalue weighted by Gasteiger charge is 2.58. The summed E-state index contributed by atoms with van der Waals surface area (Å²) in [5.74, 6) is -1.76. The van der Waals surface area contributed by atoms with E-state index in [2.05, 4.69) is 5.32 Å². The Kier molecular flexibility index (Phi) is 7.34. The summed E-state index contributed by atoms with van der Waals surface area (Å²) in [5, 5.41) is 2.79. The summed E-state index contributed by atoms with van der Waals surface area (Å²) >= 11 is 0. The zero-order valence-electron chi connectivity index (χ0n) is 21.7. The van der Waals surface area contributed by atoms with Gasteiger partial charge >= 0.3 is 6.03 Å². The second kappa shape index (κ2) is 10.3. The van der Waals surface area contributed by atoms with Gasteiger partial charge in [0, 0.05) is 31.4 Å². The molecule has 8 nitrogen and oxygen atoms in total. The maximum Gasteiger partial charge on any atom is 0.331 e. The average molecular weight is 509 g/mol. The number of urea groups is 1. The number of amides is 5. The SMILES string of the molecule is CCc1cc(F)cc(C(=O)N[C@@H](C(=O)N2CCC3(CC2)C(=O)N(C)C(=O)N3c2ccccc2)C(C)C)c1. The van der Waals surface area contributed by atoms with Crippen molar-refractivity contribution in [3.63, 3.8) is 0 Å². The zero-order valence-corrected chi connectivity index (χ0v) is 21.7. The van der Waals surface area contributed by atoms with Crippen LogP contribution >= 0.6 is 0 Å². The summed E-state index contributed by atoms with van der Waals surface area (Å²) in [5.41, 5.74) is 0.449. The van der Waals surface area contributed by atoms with Crippen molar-refractivity contribution in [1.82, 2.24) is 15.1 Å². The van der Waals surface area contributed by atoms with Crippen LogP contribution in [0.15, 0.2) is 48.5 Å². The molecule has 0 radical (unpaired) electrons. The third-order valence-corrected chi connectivity index (χ3v) is 7.37. The number of carbonyl (C=O) groups is 4. The van der Waals surface area contributed by atoms with Crippen molar-refractivity contribution in [2.24, 2.45) is 5.92 Å². The number of imide groups is 1. The number of para-hydroxylation sites is 1. The van der Waals surface area contributed by atoms with Crippen molar-refractivity contribution >= 4 is 29.4 Å². The second-order valence-electron chi connectivity index (χ2n) is 10.1. The molecule has 2 aromatic carbocycles. The Morgan fingerprint density at radius 1 is 1.05 bits per heavy atom. The fourth-order valence-electron chi connectivity index (χ4n) is 5.22. The third-order valence-electron chi connectivity index (χ3n) is 7.37. The summed E-state index contributed by atoms with van der Waals surface area (Å²) in [4.78, 5) is 57.1. The molecule has 2 aliphatic heterocycles. The van der Waals surface area contributed by atoms with Crippen molar-refractivity contribution in [2.75, 3.05) is 25.0 Å². The molecule has 4 rings (SSSR count). The number of nitrogens with zero attached hydrogens (tertiary/aromatic N) is 3.